The number of anilines is 1. The van der Waals surface area contributed by atoms with Gasteiger partial charge >= 0.3 is 0 Å². The van der Waals surface area contributed by atoms with Crippen LogP contribution in [0.3, 0.4) is 0 Å². The van der Waals surface area contributed by atoms with Crippen LogP contribution in [0.4, 0.5) is 5.13 Å². The molecule has 0 fully saturated rings. The first-order valence-corrected chi connectivity index (χ1v) is 10.8. The summed E-state index contributed by atoms with van der Waals surface area (Å²) in [7, 11) is 0. The van der Waals surface area contributed by atoms with E-state index in [0.29, 0.717) is 17.4 Å². The van der Waals surface area contributed by atoms with E-state index < -0.39 is 0 Å². The lowest BCUT2D eigenvalue weighted by Crippen LogP contribution is -2.34. The van der Waals surface area contributed by atoms with Crippen molar-refractivity contribution in [1.29, 1.82) is 0 Å². The number of aromatic nitrogens is 2. The molecule has 2 aromatic carbocycles. The Labute approximate surface area is 180 Å². The largest absolute Gasteiger partial charge is 0.361 e. The number of rotatable bonds is 7. The highest BCUT2D eigenvalue weighted by atomic mass is 32.1. The van der Waals surface area contributed by atoms with Gasteiger partial charge in [0.05, 0.1) is 17.8 Å². The summed E-state index contributed by atoms with van der Waals surface area (Å²) in [5, 5.41) is 6.69. The molecule has 0 bridgehead atoms. The van der Waals surface area contributed by atoms with Crippen LogP contribution in [0.15, 0.2) is 70.6 Å². The average molecular weight is 418 g/mol. The lowest BCUT2D eigenvalue weighted by molar-refractivity contribution is -0.118. The van der Waals surface area contributed by atoms with Crippen LogP contribution in [0.2, 0.25) is 0 Å². The van der Waals surface area contributed by atoms with Crippen LogP contribution in [-0.4, -0.2) is 22.6 Å². The molecule has 2 heterocycles. The molecule has 6 heteroatoms. The average Bonchev–Trinajstić information content (AvgIpc) is 3.38. The van der Waals surface area contributed by atoms with Crippen LogP contribution < -0.4 is 4.90 Å². The minimum atomic E-state index is -0.00528. The first-order chi connectivity index (χ1) is 14.6. The van der Waals surface area contributed by atoms with Crippen molar-refractivity contribution in [2.24, 2.45) is 0 Å². The van der Waals surface area contributed by atoms with E-state index in [2.05, 4.69) is 17.3 Å². The molecular weight excluding hydrogens is 394 g/mol. The highest BCUT2D eigenvalue weighted by molar-refractivity contribution is 7.14. The van der Waals surface area contributed by atoms with Gasteiger partial charge in [-0.2, -0.15) is 0 Å². The van der Waals surface area contributed by atoms with Gasteiger partial charge in [-0.15, -0.1) is 11.3 Å². The quantitative estimate of drug-likeness (QED) is 0.413. The molecule has 0 unspecified atom stereocenters. The molecule has 0 aliphatic carbocycles. The summed E-state index contributed by atoms with van der Waals surface area (Å²) in [6.07, 6.45) is 1.00. The molecule has 30 heavy (non-hydrogen) atoms. The van der Waals surface area contributed by atoms with Crippen molar-refractivity contribution in [1.82, 2.24) is 10.1 Å². The first kappa shape index (κ1) is 20.0. The van der Waals surface area contributed by atoms with Gasteiger partial charge in [-0.25, -0.2) is 4.98 Å². The Morgan fingerprint density at radius 1 is 1.03 bits per heavy atom. The number of carbonyl (C=O) groups excluding carboxylic acids is 1. The summed E-state index contributed by atoms with van der Waals surface area (Å²) in [5.41, 5.74) is 4.72. The van der Waals surface area contributed by atoms with E-state index in [4.69, 9.17) is 9.51 Å². The van der Waals surface area contributed by atoms with Gasteiger partial charge in [-0.1, -0.05) is 65.8 Å². The zero-order valence-corrected chi connectivity index (χ0v) is 17.9. The van der Waals surface area contributed by atoms with Crippen LogP contribution in [0.25, 0.3) is 11.3 Å². The number of nitrogens with zero attached hydrogens (tertiary/aromatic N) is 3. The zero-order chi connectivity index (χ0) is 20.9. The van der Waals surface area contributed by atoms with Gasteiger partial charge in [0.2, 0.25) is 5.91 Å². The highest BCUT2D eigenvalue weighted by Gasteiger charge is 2.22. The molecule has 0 radical (unpaired) electrons. The number of carbonyl (C=O) groups is 1. The fourth-order valence-electron chi connectivity index (χ4n) is 3.34. The van der Waals surface area contributed by atoms with Crippen molar-refractivity contribution >= 4 is 22.4 Å². The summed E-state index contributed by atoms with van der Waals surface area (Å²) >= 11 is 1.49. The summed E-state index contributed by atoms with van der Waals surface area (Å²) in [6, 6.07) is 20.2. The van der Waals surface area contributed by atoms with E-state index in [9.17, 15) is 4.79 Å². The monoisotopic (exact) mass is 417 g/mol. The van der Waals surface area contributed by atoms with Crippen molar-refractivity contribution in [3.63, 3.8) is 0 Å². The number of thiazole rings is 1. The van der Waals surface area contributed by atoms with E-state index in [1.165, 1.54) is 16.9 Å². The fraction of sp³-hybridized carbons (Fsp3) is 0.208. The van der Waals surface area contributed by atoms with Crippen LogP contribution in [0.1, 0.15) is 22.6 Å². The Morgan fingerprint density at radius 2 is 1.73 bits per heavy atom. The van der Waals surface area contributed by atoms with Crippen LogP contribution in [0, 0.1) is 13.8 Å². The van der Waals surface area contributed by atoms with E-state index in [1.807, 2.05) is 67.8 Å². The molecule has 152 valence electrons. The summed E-state index contributed by atoms with van der Waals surface area (Å²) in [6.45, 7) is 4.27. The Kier molecular flexibility index (Phi) is 6.05. The molecular formula is C24H23N3O2S. The number of amides is 1. The molecule has 4 rings (SSSR count). The number of aryl methyl sites for hydroxylation is 2. The zero-order valence-electron chi connectivity index (χ0n) is 17.0. The maximum absolute atomic E-state index is 13.3. The van der Waals surface area contributed by atoms with Crippen molar-refractivity contribution in [3.8, 4) is 11.3 Å². The molecule has 0 aliphatic heterocycles. The van der Waals surface area contributed by atoms with Crippen molar-refractivity contribution in [2.75, 3.05) is 11.4 Å². The third kappa shape index (κ3) is 4.49. The number of benzene rings is 2. The summed E-state index contributed by atoms with van der Waals surface area (Å²) in [5.74, 6) is 0.683. The minimum absolute atomic E-state index is 0.00528. The SMILES string of the molecule is Cc1noc(C)c1CC(=O)N(CCc1ccccc1)c1nc(-c2ccccc2)cs1. The lowest BCUT2D eigenvalue weighted by Gasteiger charge is -2.20. The normalized spacial score (nSPS) is 10.9. The molecule has 0 N–H and O–H groups in total. The molecule has 0 atom stereocenters. The third-order valence-electron chi connectivity index (χ3n) is 5.07. The molecule has 0 saturated heterocycles. The molecule has 0 spiro atoms. The molecule has 4 aromatic rings. The van der Waals surface area contributed by atoms with Gasteiger partial charge in [-0.05, 0) is 25.8 Å². The van der Waals surface area contributed by atoms with Crippen molar-refractivity contribution in [2.45, 2.75) is 26.7 Å². The van der Waals surface area contributed by atoms with Crippen LogP contribution in [-0.2, 0) is 17.6 Å². The number of hydrogen-bond acceptors (Lipinski definition) is 5. The molecule has 1 amide bonds. The summed E-state index contributed by atoms with van der Waals surface area (Å²) < 4.78 is 5.24. The third-order valence-corrected chi connectivity index (χ3v) is 5.93. The second-order valence-corrected chi connectivity index (χ2v) is 7.98. The van der Waals surface area contributed by atoms with Gasteiger partial charge in [0.25, 0.3) is 0 Å². The Bertz CT molecular complexity index is 1100. The number of hydrogen-bond donors (Lipinski definition) is 0. The second kappa shape index (κ2) is 9.05. The Balaban J connectivity index is 1.60. The molecule has 5 nitrogen and oxygen atoms in total. The van der Waals surface area contributed by atoms with Crippen LogP contribution >= 0.6 is 11.3 Å². The standard InChI is InChI=1S/C24H23N3O2S/c1-17-21(18(2)29-26-17)15-23(28)27(14-13-19-9-5-3-6-10-19)24-25-22(16-30-24)20-11-7-4-8-12-20/h3-12,16H,13-15H2,1-2H3. The topological polar surface area (TPSA) is 59.2 Å². The summed E-state index contributed by atoms with van der Waals surface area (Å²) in [4.78, 5) is 19.9. The van der Waals surface area contributed by atoms with Gasteiger partial charge in [-0.3, -0.25) is 9.69 Å². The predicted octanol–water partition coefficient (Wildman–Crippen LogP) is 5.23. The maximum Gasteiger partial charge on any atom is 0.233 e. The van der Waals surface area contributed by atoms with Gasteiger partial charge in [0, 0.05) is 23.1 Å². The molecule has 2 aromatic heterocycles. The predicted molar refractivity (Wildman–Crippen MR) is 120 cm³/mol. The highest BCUT2D eigenvalue weighted by Crippen LogP contribution is 2.28. The van der Waals surface area contributed by atoms with E-state index in [1.54, 1.807) is 4.90 Å². The Hall–Kier alpha value is -3.25. The maximum atomic E-state index is 13.3. The van der Waals surface area contributed by atoms with E-state index in [-0.39, 0.29) is 12.3 Å². The first-order valence-electron chi connectivity index (χ1n) is 9.89. The molecule has 0 aliphatic rings. The van der Waals surface area contributed by atoms with Crippen molar-refractivity contribution in [3.05, 3.63) is 88.6 Å². The Morgan fingerprint density at radius 3 is 2.40 bits per heavy atom. The smallest absolute Gasteiger partial charge is 0.233 e. The molecule has 0 saturated carbocycles. The lowest BCUT2D eigenvalue weighted by atomic mass is 10.1. The minimum Gasteiger partial charge on any atom is -0.361 e. The van der Waals surface area contributed by atoms with Crippen LogP contribution in [0.5, 0.6) is 0 Å². The van der Waals surface area contributed by atoms with Gasteiger partial charge in [0.15, 0.2) is 5.13 Å². The van der Waals surface area contributed by atoms with E-state index >= 15 is 0 Å². The van der Waals surface area contributed by atoms with E-state index in [0.717, 1.165) is 28.9 Å². The van der Waals surface area contributed by atoms with Gasteiger partial charge < -0.3 is 4.52 Å². The van der Waals surface area contributed by atoms with Crippen molar-refractivity contribution < 1.29 is 9.32 Å². The second-order valence-electron chi connectivity index (χ2n) is 7.14. The fourth-order valence-corrected chi connectivity index (χ4v) is 4.22. The van der Waals surface area contributed by atoms with Gasteiger partial charge in [0.1, 0.15) is 5.76 Å².